The number of benzene rings is 10. The van der Waals surface area contributed by atoms with E-state index in [0.717, 1.165) is 61.3 Å². The van der Waals surface area contributed by atoms with Gasteiger partial charge in [-0.1, -0.05) is 188 Å². The molecule has 10 aromatic carbocycles. The average Bonchev–Trinajstić information content (AvgIpc) is 3.69. The van der Waals surface area contributed by atoms with Crippen LogP contribution in [0.3, 0.4) is 0 Å². The molecule has 0 saturated heterocycles. The zero-order chi connectivity index (χ0) is 38.4. The molecule has 0 unspecified atom stereocenters. The van der Waals surface area contributed by atoms with Gasteiger partial charge in [0.15, 0.2) is 0 Å². The van der Waals surface area contributed by atoms with E-state index < -0.39 is 0 Å². The Morgan fingerprint density at radius 3 is 1.72 bits per heavy atom. The predicted molar refractivity (Wildman–Crippen MR) is 245 cm³/mol. The summed E-state index contributed by atoms with van der Waals surface area (Å²) in [7, 11) is 0. The highest BCUT2D eigenvalue weighted by Gasteiger charge is 2.24. The molecular weight excluding hydrogens is 703 g/mol. The third-order valence-corrected chi connectivity index (χ3v) is 11.5. The highest BCUT2D eigenvalue weighted by atomic mass is 16.3. The van der Waals surface area contributed by atoms with E-state index in [2.05, 4.69) is 223 Å². The van der Waals surface area contributed by atoms with Crippen molar-refractivity contribution in [1.82, 2.24) is 0 Å². The summed E-state index contributed by atoms with van der Waals surface area (Å²) < 4.78 is 6.57. The number of furan rings is 1. The van der Waals surface area contributed by atoms with Gasteiger partial charge in [0.1, 0.15) is 11.2 Å². The monoisotopic (exact) mass is 739 g/mol. The Morgan fingerprint density at radius 2 is 0.879 bits per heavy atom. The second kappa shape index (κ2) is 14.1. The maximum absolute atomic E-state index is 6.57. The maximum Gasteiger partial charge on any atom is 0.143 e. The Labute approximate surface area is 337 Å². The summed E-state index contributed by atoms with van der Waals surface area (Å²) in [6, 6.07) is 80.8. The molecule has 2 heteroatoms. The van der Waals surface area contributed by atoms with Gasteiger partial charge in [0.25, 0.3) is 0 Å². The van der Waals surface area contributed by atoms with E-state index in [1.807, 2.05) is 6.07 Å². The normalized spacial score (nSPS) is 11.4. The van der Waals surface area contributed by atoms with Crippen molar-refractivity contribution in [2.24, 2.45) is 0 Å². The molecule has 1 aromatic heterocycles. The Morgan fingerprint density at radius 1 is 0.310 bits per heavy atom. The van der Waals surface area contributed by atoms with E-state index in [-0.39, 0.29) is 0 Å². The molecule has 11 aromatic rings. The lowest BCUT2D eigenvalue weighted by Crippen LogP contribution is -2.12. The van der Waals surface area contributed by atoms with Crippen LogP contribution in [-0.4, -0.2) is 0 Å². The SMILES string of the molecule is c1ccc(-c2ccccc2-c2c(-c3ccccc3)cccc2N(c2cccc(-c3cccc4c3oc3ccccc34)c2)c2ccc3c(ccc4ccccc43)c2)cc1. The van der Waals surface area contributed by atoms with Gasteiger partial charge in [-0.2, -0.15) is 0 Å². The van der Waals surface area contributed by atoms with Crippen molar-refractivity contribution in [2.45, 2.75) is 0 Å². The molecule has 0 bridgehead atoms. The van der Waals surface area contributed by atoms with Crippen molar-refractivity contribution in [3.05, 3.63) is 224 Å². The molecule has 0 aliphatic rings. The number of fused-ring (bicyclic) bond motifs is 6. The van der Waals surface area contributed by atoms with Crippen molar-refractivity contribution < 1.29 is 4.42 Å². The Kier molecular flexibility index (Phi) is 8.19. The second-order valence-electron chi connectivity index (χ2n) is 14.8. The van der Waals surface area contributed by atoms with Crippen LogP contribution in [-0.2, 0) is 0 Å². The van der Waals surface area contributed by atoms with Crippen LogP contribution in [0.25, 0.3) is 88.0 Å². The summed E-state index contributed by atoms with van der Waals surface area (Å²) in [5, 5.41) is 7.16. The highest BCUT2D eigenvalue weighted by molar-refractivity contribution is 6.11. The molecule has 0 radical (unpaired) electrons. The van der Waals surface area contributed by atoms with Crippen LogP contribution in [0, 0.1) is 0 Å². The molecule has 58 heavy (non-hydrogen) atoms. The van der Waals surface area contributed by atoms with Gasteiger partial charge in [-0.05, 0) is 91.3 Å². The Hall–Kier alpha value is -7.68. The van der Waals surface area contributed by atoms with E-state index in [9.17, 15) is 0 Å². The van der Waals surface area contributed by atoms with E-state index in [4.69, 9.17) is 4.42 Å². The second-order valence-corrected chi connectivity index (χ2v) is 14.8. The smallest absolute Gasteiger partial charge is 0.143 e. The van der Waals surface area contributed by atoms with Crippen molar-refractivity contribution in [2.75, 3.05) is 4.90 Å². The van der Waals surface area contributed by atoms with Crippen LogP contribution in [0.1, 0.15) is 0 Å². The molecule has 1 heterocycles. The molecule has 0 aliphatic carbocycles. The van der Waals surface area contributed by atoms with Crippen LogP contribution in [0.5, 0.6) is 0 Å². The fourth-order valence-corrected chi connectivity index (χ4v) is 8.79. The standard InChI is InChI=1S/C56H37NO/c1-3-16-38(17-4-1)46-24-9-10-26-51(46)55-48(39-18-5-2-6-19-39)27-15-30-53(55)57(44-34-35-47-42(37-44)33-32-40-20-7-8-23-45(40)47)43-22-13-21-41(36-43)49-28-14-29-52-50-25-11-12-31-54(50)58-56(49)52/h1-37H. The minimum absolute atomic E-state index is 0.894. The number of anilines is 3. The molecule has 11 rings (SSSR count). The van der Waals surface area contributed by atoms with Gasteiger partial charge in [-0.3, -0.25) is 0 Å². The zero-order valence-electron chi connectivity index (χ0n) is 31.7. The van der Waals surface area contributed by atoms with Crippen molar-refractivity contribution >= 4 is 60.5 Å². The van der Waals surface area contributed by atoms with Crippen LogP contribution >= 0.6 is 0 Å². The van der Waals surface area contributed by atoms with Gasteiger partial charge in [0, 0.05) is 33.3 Å². The molecule has 0 N–H and O–H groups in total. The fraction of sp³-hybridized carbons (Fsp3) is 0. The molecule has 0 atom stereocenters. The first kappa shape index (κ1) is 33.6. The van der Waals surface area contributed by atoms with Gasteiger partial charge in [0.05, 0.1) is 5.69 Å². The summed E-state index contributed by atoms with van der Waals surface area (Å²) >= 11 is 0. The molecule has 272 valence electrons. The number of hydrogen-bond acceptors (Lipinski definition) is 2. The molecule has 2 nitrogen and oxygen atoms in total. The van der Waals surface area contributed by atoms with E-state index in [1.165, 1.54) is 43.8 Å². The van der Waals surface area contributed by atoms with Crippen LogP contribution < -0.4 is 4.90 Å². The molecule has 0 amide bonds. The minimum atomic E-state index is 0.894. The van der Waals surface area contributed by atoms with E-state index in [1.54, 1.807) is 0 Å². The molecular formula is C56H37NO. The minimum Gasteiger partial charge on any atom is -0.455 e. The first-order valence-corrected chi connectivity index (χ1v) is 19.8. The van der Waals surface area contributed by atoms with Crippen molar-refractivity contribution in [3.63, 3.8) is 0 Å². The van der Waals surface area contributed by atoms with E-state index in [0.29, 0.717) is 0 Å². The lowest BCUT2D eigenvalue weighted by molar-refractivity contribution is 0.670. The number of rotatable bonds is 7. The van der Waals surface area contributed by atoms with Crippen LogP contribution in [0.4, 0.5) is 17.1 Å². The number of para-hydroxylation sites is 2. The molecule has 0 fully saturated rings. The fourth-order valence-electron chi connectivity index (χ4n) is 8.79. The lowest BCUT2D eigenvalue weighted by Gasteiger charge is -2.30. The van der Waals surface area contributed by atoms with Gasteiger partial charge < -0.3 is 9.32 Å². The molecule has 0 spiro atoms. The Balaban J connectivity index is 1.20. The number of nitrogens with zero attached hydrogens (tertiary/aromatic N) is 1. The number of hydrogen-bond donors (Lipinski definition) is 0. The lowest BCUT2D eigenvalue weighted by atomic mass is 9.87. The summed E-state index contributed by atoms with van der Waals surface area (Å²) in [5.74, 6) is 0. The third kappa shape index (κ3) is 5.74. The largest absolute Gasteiger partial charge is 0.455 e. The Bertz CT molecular complexity index is 3290. The zero-order valence-corrected chi connectivity index (χ0v) is 31.7. The average molecular weight is 740 g/mol. The van der Waals surface area contributed by atoms with Crippen LogP contribution in [0.15, 0.2) is 229 Å². The summed E-state index contributed by atoms with van der Waals surface area (Å²) in [4.78, 5) is 2.44. The van der Waals surface area contributed by atoms with Gasteiger partial charge in [0.2, 0.25) is 0 Å². The summed E-state index contributed by atoms with van der Waals surface area (Å²) in [6.07, 6.45) is 0. The maximum atomic E-state index is 6.57. The van der Waals surface area contributed by atoms with Gasteiger partial charge in [-0.25, -0.2) is 0 Å². The van der Waals surface area contributed by atoms with Crippen molar-refractivity contribution in [3.8, 4) is 44.5 Å². The first-order valence-electron chi connectivity index (χ1n) is 19.8. The summed E-state index contributed by atoms with van der Waals surface area (Å²) in [5.41, 5.74) is 14.2. The third-order valence-electron chi connectivity index (χ3n) is 11.5. The highest BCUT2D eigenvalue weighted by Crippen LogP contribution is 2.49. The molecule has 0 saturated carbocycles. The quantitative estimate of drug-likeness (QED) is 0.151. The van der Waals surface area contributed by atoms with Crippen LogP contribution in [0.2, 0.25) is 0 Å². The summed E-state index contributed by atoms with van der Waals surface area (Å²) in [6.45, 7) is 0. The van der Waals surface area contributed by atoms with Gasteiger partial charge in [-0.15, -0.1) is 0 Å². The van der Waals surface area contributed by atoms with Crippen molar-refractivity contribution in [1.29, 1.82) is 0 Å². The predicted octanol–water partition coefficient (Wildman–Crippen LogP) is 16.0. The topological polar surface area (TPSA) is 16.4 Å². The van der Waals surface area contributed by atoms with Gasteiger partial charge >= 0.3 is 0 Å². The first-order chi connectivity index (χ1) is 28.8. The molecule has 0 aliphatic heterocycles. The van der Waals surface area contributed by atoms with E-state index >= 15 is 0 Å².